The van der Waals surface area contributed by atoms with E-state index in [-0.39, 0.29) is 12.0 Å². The largest absolute Gasteiger partial charge is 0.469 e. The van der Waals surface area contributed by atoms with Crippen LogP contribution in [-0.2, 0) is 19.0 Å². The summed E-state index contributed by atoms with van der Waals surface area (Å²) < 4.78 is 15.6. The molecule has 110 valence electrons. The number of carbonyl (C=O) groups is 1. The second-order valence-corrected chi connectivity index (χ2v) is 4.65. The molecule has 1 rings (SSSR count). The average Bonchev–Trinajstić information content (AvgIpc) is 2.85. The molecule has 5 heteroatoms. The normalized spacial score (nSPS) is 21.9. The predicted octanol–water partition coefficient (Wildman–Crippen LogP) is 1.63. The first kappa shape index (κ1) is 16.1. The second kappa shape index (κ2) is 8.30. The van der Waals surface area contributed by atoms with Gasteiger partial charge in [-0.2, -0.15) is 0 Å². The zero-order chi connectivity index (χ0) is 14.1. The molecular weight excluding hydrogens is 246 g/mol. The van der Waals surface area contributed by atoms with Crippen LogP contribution in [0.3, 0.4) is 0 Å². The summed E-state index contributed by atoms with van der Waals surface area (Å²) in [5.41, 5.74) is 0. The summed E-state index contributed by atoms with van der Waals surface area (Å²) in [7, 11) is 4.78. The molecule has 1 aliphatic rings. The average molecular weight is 271 g/mol. The molecule has 1 N–H and O–H groups in total. The van der Waals surface area contributed by atoms with Gasteiger partial charge in [0.15, 0.2) is 5.79 Å². The molecule has 0 bridgehead atoms. The zero-order valence-corrected chi connectivity index (χ0v) is 12.1. The van der Waals surface area contributed by atoms with E-state index in [2.05, 4.69) is 22.2 Å². The zero-order valence-electron chi connectivity index (χ0n) is 12.1. The summed E-state index contributed by atoms with van der Waals surface area (Å²) >= 11 is 0. The number of nitrogens with one attached hydrogen (secondary N) is 1. The molecule has 1 aliphatic heterocycles. The standard InChI is InChI=1S/C14H25NO4/c1-17-13(16)9-7-5-4-6-8-12-14(18-2,19-3)10-11-15-12/h4,6,12,15H,5,7-11H2,1-3H3. The Hall–Kier alpha value is -0.910. The number of allylic oxidation sites excluding steroid dienone is 1. The summed E-state index contributed by atoms with van der Waals surface area (Å²) in [6.07, 6.45) is 8.12. The first-order valence-electron chi connectivity index (χ1n) is 6.74. The van der Waals surface area contributed by atoms with Crippen LogP contribution in [0.15, 0.2) is 12.2 Å². The van der Waals surface area contributed by atoms with Gasteiger partial charge in [0.1, 0.15) is 0 Å². The molecule has 0 saturated carbocycles. The SMILES string of the molecule is COC(=O)CCCC=CCC1NCCC1(OC)OC. The highest BCUT2D eigenvalue weighted by atomic mass is 16.7. The molecule has 1 saturated heterocycles. The minimum absolute atomic E-state index is 0.149. The van der Waals surface area contributed by atoms with Crippen LogP contribution < -0.4 is 5.32 Å². The lowest BCUT2D eigenvalue weighted by molar-refractivity contribution is -0.210. The van der Waals surface area contributed by atoms with Gasteiger partial charge in [-0.25, -0.2) is 0 Å². The lowest BCUT2D eigenvalue weighted by Gasteiger charge is -2.31. The minimum Gasteiger partial charge on any atom is -0.469 e. The van der Waals surface area contributed by atoms with Crippen molar-refractivity contribution >= 4 is 5.97 Å². The van der Waals surface area contributed by atoms with E-state index in [0.717, 1.165) is 32.2 Å². The van der Waals surface area contributed by atoms with E-state index in [4.69, 9.17) is 9.47 Å². The van der Waals surface area contributed by atoms with Crippen molar-refractivity contribution in [3.8, 4) is 0 Å². The van der Waals surface area contributed by atoms with Crippen molar-refractivity contribution in [2.24, 2.45) is 0 Å². The highest BCUT2D eigenvalue weighted by Gasteiger charge is 2.42. The van der Waals surface area contributed by atoms with Crippen molar-refractivity contribution < 1.29 is 19.0 Å². The third kappa shape index (κ3) is 4.60. The number of rotatable bonds is 8. The quantitative estimate of drug-likeness (QED) is 0.315. The fraction of sp³-hybridized carbons (Fsp3) is 0.786. The number of carbonyl (C=O) groups excluding carboxylic acids is 1. The molecule has 0 aliphatic carbocycles. The van der Waals surface area contributed by atoms with Crippen molar-refractivity contribution in [1.29, 1.82) is 0 Å². The highest BCUT2D eigenvalue weighted by molar-refractivity contribution is 5.68. The Bertz CT molecular complexity index is 300. The van der Waals surface area contributed by atoms with Crippen molar-refractivity contribution in [2.75, 3.05) is 27.9 Å². The van der Waals surface area contributed by atoms with Crippen molar-refractivity contribution in [3.05, 3.63) is 12.2 Å². The van der Waals surface area contributed by atoms with Crippen LogP contribution in [0.1, 0.15) is 32.1 Å². The molecule has 1 unspecified atom stereocenters. The van der Waals surface area contributed by atoms with E-state index in [1.54, 1.807) is 14.2 Å². The lowest BCUT2D eigenvalue weighted by atomic mass is 10.0. The highest BCUT2D eigenvalue weighted by Crippen LogP contribution is 2.28. The van der Waals surface area contributed by atoms with Gasteiger partial charge >= 0.3 is 5.97 Å². The van der Waals surface area contributed by atoms with Gasteiger partial charge in [0.05, 0.1) is 13.2 Å². The molecule has 19 heavy (non-hydrogen) atoms. The topological polar surface area (TPSA) is 56.8 Å². The van der Waals surface area contributed by atoms with Crippen LogP contribution >= 0.6 is 0 Å². The van der Waals surface area contributed by atoms with Crippen LogP contribution in [0.5, 0.6) is 0 Å². The van der Waals surface area contributed by atoms with E-state index in [1.807, 2.05) is 0 Å². The van der Waals surface area contributed by atoms with Gasteiger partial charge in [-0.15, -0.1) is 0 Å². The summed E-state index contributed by atoms with van der Waals surface area (Å²) in [5, 5.41) is 3.39. The second-order valence-electron chi connectivity index (χ2n) is 4.65. The van der Waals surface area contributed by atoms with E-state index in [9.17, 15) is 4.79 Å². The Morgan fingerprint density at radius 2 is 2.05 bits per heavy atom. The smallest absolute Gasteiger partial charge is 0.305 e. The van der Waals surface area contributed by atoms with Crippen LogP contribution in [-0.4, -0.2) is 45.7 Å². The summed E-state index contributed by atoms with van der Waals surface area (Å²) in [4.78, 5) is 10.9. The minimum atomic E-state index is -0.504. The number of esters is 1. The molecule has 0 spiro atoms. The molecule has 5 nitrogen and oxygen atoms in total. The number of ether oxygens (including phenoxy) is 3. The summed E-state index contributed by atoms with van der Waals surface area (Å²) in [5.74, 6) is -0.653. The van der Waals surface area contributed by atoms with Gasteiger partial charge in [0, 0.05) is 33.6 Å². The Morgan fingerprint density at radius 3 is 2.68 bits per heavy atom. The third-order valence-corrected chi connectivity index (χ3v) is 3.60. The molecule has 0 amide bonds. The Kier molecular flexibility index (Phi) is 7.05. The first-order valence-corrected chi connectivity index (χ1v) is 6.74. The Labute approximate surface area is 115 Å². The molecule has 1 fully saturated rings. The van der Waals surface area contributed by atoms with E-state index >= 15 is 0 Å². The van der Waals surface area contributed by atoms with Crippen molar-refractivity contribution in [3.63, 3.8) is 0 Å². The molecule has 0 radical (unpaired) electrons. The maximum atomic E-state index is 10.9. The number of methoxy groups -OCH3 is 3. The van der Waals surface area contributed by atoms with Gasteiger partial charge in [-0.3, -0.25) is 4.79 Å². The maximum absolute atomic E-state index is 10.9. The number of hydrogen-bond acceptors (Lipinski definition) is 5. The lowest BCUT2D eigenvalue weighted by Crippen LogP contribution is -2.45. The fourth-order valence-corrected chi connectivity index (χ4v) is 2.40. The van der Waals surface area contributed by atoms with Gasteiger partial charge in [-0.1, -0.05) is 12.2 Å². The van der Waals surface area contributed by atoms with Crippen molar-refractivity contribution in [2.45, 2.75) is 43.9 Å². The van der Waals surface area contributed by atoms with Crippen LogP contribution in [0.4, 0.5) is 0 Å². The third-order valence-electron chi connectivity index (χ3n) is 3.60. The molecule has 0 aromatic carbocycles. The molecule has 1 heterocycles. The van der Waals surface area contributed by atoms with E-state index < -0.39 is 5.79 Å². The monoisotopic (exact) mass is 271 g/mol. The fourth-order valence-electron chi connectivity index (χ4n) is 2.40. The van der Waals surface area contributed by atoms with Crippen LogP contribution in [0, 0.1) is 0 Å². The van der Waals surface area contributed by atoms with Crippen LogP contribution in [0.25, 0.3) is 0 Å². The van der Waals surface area contributed by atoms with E-state index in [1.165, 1.54) is 7.11 Å². The Morgan fingerprint density at radius 1 is 1.32 bits per heavy atom. The van der Waals surface area contributed by atoms with Crippen molar-refractivity contribution in [1.82, 2.24) is 5.32 Å². The van der Waals surface area contributed by atoms with Crippen LogP contribution in [0.2, 0.25) is 0 Å². The maximum Gasteiger partial charge on any atom is 0.305 e. The van der Waals surface area contributed by atoms with Gasteiger partial charge in [-0.05, 0) is 19.3 Å². The first-order chi connectivity index (χ1) is 9.18. The molecule has 0 aromatic heterocycles. The van der Waals surface area contributed by atoms with E-state index in [0.29, 0.717) is 6.42 Å². The summed E-state index contributed by atoms with van der Waals surface area (Å²) in [6, 6.07) is 0.180. The Balaban J connectivity index is 2.26. The van der Waals surface area contributed by atoms with Gasteiger partial charge in [0.25, 0.3) is 0 Å². The molecule has 0 aromatic rings. The predicted molar refractivity (Wildman–Crippen MR) is 72.8 cm³/mol. The summed E-state index contributed by atoms with van der Waals surface area (Å²) in [6.45, 7) is 0.905. The van der Waals surface area contributed by atoms with Gasteiger partial charge < -0.3 is 19.5 Å². The molecular formula is C14H25NO4. The number of hydrogen-bond donors (Lipinski definition) is 1. The van der Waals surface area contributed by atoms with Gasteiger partial charge in [0.2, 0.25) is 0 Å². The molecule has 1 atom stereocenters. The number of unbranched alkanes of at least 4 members (excludes halogenated alkanes) is 1.